The van der Waals surface area contributed by atoms with Crippen molar-refractivity contribution in [3.8, 4) is 0 Å². The second kappa shape index (κ2) is 3.88. The zero-order valence-electron chi connectivity index (χ0n) is 7.45. The van der Waals surface area contributed by atoms with Gasteiger partial charge in [-0.2, -0.15) is 0 Å². The highest BCUT2D eigenvalue weighted by atomic mass is 79.9. The fourth-order valence-electron chi connectivity index (χ4n) is 1.26. The van der Waals surface area contributed by atoms with Gasteiger partial charge in [-0.3, -0.25) is 4.84 Å². The van der Waals surface area contributed by atoms with Crippen molar-refractivity contribution in [2.75, 3.05) is 7.11 Å². The van der Waals surface area contributed by atoms with Gasteiger partial charge in [0.1, 0.15) is 0 Å². The first-order chi connectivity index (χ1) is 6.70. The first-order valence-corrected chi connectivity index (χ1v) is 5.25. The molecule has 1 heterocycles. The first kappa shape index (κ1) is 9.96. The minimum Gasteiger partial charge on any atom is -0.274 e. The van der Waals surface area contributed by atoms with E-state index in [1.54, 1.807) is 7.11 Å². The summed E-state index contributed by atoms with van der Waals surface area (Å²) in [5, 5.41) is 3.36. The van der Waals surface area contributed by atoms with Gasteiger partial charge in [-0.25, -0.2) is 10.1 Å². The highest BCUT2D eigenvalue weighted by Crippen LogP contribution is 2.09. The summed E-state index contributed by atoms with van der Waals surface area (Å²) in [6.45, 7) is 0. The Balaban J connectivity index is 2.61. The van der Waals surface area contributed by atoms with Gasteiger partial charge in [0.2, 0.25) is 5.62 Å². The molecule has 14 heavy (non-hydrogen) atoms. The van der Waals surface area contributed by atoms with Gasteiger partial charge in [0.05, 0.1) is 12.5 Å². The molecule has 1 atom stereocenters. The van der Waals surface area contributed by atoms with Crippen molar-refractivity contribution < 1.29 is 4.84 Å². The van der Waals surface area contributed by atoms with E-state index < -0.39 is 5.62 Å². The van der Waals surface area contributed by atoms with E-state index in [2.05, 4.69) is 20.9 Å². The summed E-state index contributed by atoms with van der Waals surface area (Å²) in [5.74, 6) is 0. The van der Waals surface area contributed by atoms with Gasteiger partial charge in [-0.1, -0.05) is 27.5 Å². The Kier molecular flexibility index (Phi) is 2.76. The lowest BCUT2D eigenvalue weighted by molar-refractivity contribution is -0.0815. The molecule has 1 unspecified atom stereocenters. The third-order valence-electron chi connectivity index (χ3n) is 1.92. The van der Waals surface area contributed by atoms with Crippen molar-refractivity contribution >= 4 is 33.7 Å². The molecular formula is C9H8BrClN2O. The number of fused-ring (bicyclic) bond motifs is 1. The molecule has 0 saturated heterocycles. The van der Waals surface area contributed by atoms with E-state index >= 15 is 0 Å². The number of hydrogen-bond acceptors (Lipinski definition) is 3. The van der Waals surface area contributed by atoms with Gasteiger partial charge in [-0.15, -0.1) is 0 Å². The summed E-state index contributed by atoms with van der Waals surface area (Å²) in [4.78, 5) is 9.29. The lowest BCUT2D eigenvalue weighted by Gasteiger charge is -2.22. The number of rotatable bonds is 1. The molecule has 0 fully saturated rings. The van der Waals surface area contributed by atoms with Crippen LogP contribution >= 0.6 is 27.5 Å². The third kappa shape index (κ3) is 1.78. The number of hydrogen-bond donors (Lipinski definition) is 0. The molecule has 0 saturated carbocycles. The molecule has 3 nitrogen and oxygen atoms in total. The average Bonchev–Trinajstić information content (AvgIpc) is 2.17. The van der Waals surface area contributed by atoms with E-state index in [-0.39, 0.29) is 0 Å². The molecule has 5 heteroatoms. The van der Waals surface area contributed by atoms with E-state index in [4.69, 9.17) is 16.4 Å². The second-order valence-corrected chi connectivity index (χ2v) is 4.12. The largest absolute Gasteiger partial charge is 0.274 e. The normalized spacial score (nSPS) is 19.6. The van der Waals surface area contributed by atoms with E-state index in [0.29, 0.717) is 0 Å². The predicted molar refractivity (Wildman–Crippen MR) is 57.9 cm³/mol. The fraction of sp³-hybridized carbons (Fsp3) is 0.222. The van der Waals surface area contributed by atoms with Crippen LogP contribution in [-0.2, 0) is 4.84 Å². The standard InChI is InChI=1S/C9H8BrClN2O/c1-14-13-5-6-4-7(10)2-3-8(6)12-9(13)11/h2-5,9H,1H3. The van der Waals surface area contributed by atoms with Crippen molar-refractivity contribution in [3.63, 3.8) is 0 Å². The summed E-state index contributed by atoms with van der Waals surface area (Å²) in [6.07, 6.45) is 1.82. The maximum absolute atomic E-state index is 5.94. The topological polar surface area (TPSA) is 24.8 Å². The van der Waals surface area contributed by atoms with Gasteiger partial charge in [0.15, 0.2) is 0 Å². The molecule has 0 amide bonds. The van der Waals surface area contributed by atoms with Gasteiger partial charge >= 0.3 is 0 Å². The van der Waals surface area contributed by atoms with Crippen LogP contribution in [0.2, 0.25) is 0 Å². The van der Waals surface area contributed by atoms with E-state index in [9.17, 15) is 0 Å². The summed E-state index contributed by atoms with van der Waals surface area (Å²) in [6, 6.07) is 5.81. The SMILES string of the molecule is CON1C=c2cc(Br)ccc2=NC1Cl. The zero-order chi connectivity index (χ0) is 10.1. The summed E-state index contributed by atoms with van der Waals surface area (Å²) < 4.78 is 1.01. The minimum atomic E-state index is -0.492. The van der Waals surface area contributed by atoms with Crippen LogP contribution in [0.4, 0.5) is 0 Å². The Bertz CT molecular complexity index is 462. The molecule has 1 aromatic rings. The van der Waals surface area contributed by atoms with Crippen LogP contribution in [0.25, 0.3) is 6.20 Å². The van der Waals surface area contributed by atoms with Gasteiger partial charge < -0.3 is 0 Å². The molecule has 1 aliphatic heterocycles. The van der Waals surface area contributed by atoms with Crippen LogP contribution in [0.15, 0.2) is 27.7 Å². The van der Waals surface area contributed by atoms with Gasteiger partial charge in [0.25, 0.3) is 0 Å². The molecule has 74 valence electrons. The second-order valence-electron chi connectivity index (χ2n) is 2.81. The van der Waals surface area contributed by atoms with Crippen LogP contribution in [-0.4, -0.2) is 17.8 Å². The van der Waals surface area contributed by atoms with Crippen molar-refractivity contribution in [1.82, 2.24) is 5.06 Å². The van der Waals surface area contributed by atoms with Gasteiger partial charge in [-0.05, 0) is 18.2 Å². The van der Waals surface area contributed by atoms with Crippen LogP contribution in [0.1, 0.15) is 0 Å². The Morgan fingerprint density at radius 3 is 3.07 bits per heavy atom. The number of benzene rings is 1. The van der Waals surface area contributed by atoms with E-state index in [1.165, 1.54) is 5.06 Å². The molecule has 0 N–H and O–H groups in total. The molecule has 2 rings (SSSR count). The smallest absolute Gasteiger partial charge is 0.220 e. The van der Waals surface area contributed by atoms with E-state index in [1.807, 2.05) is 24.4 Å². The van der Waals surface area contributed by atoms with Gasteiger partial charge in [0, 0.05) is 15.9 Å². The van der Waals surface area contributed by atoms with E-state index in [0.717, 1.165) is 15.0 Å². The molecule has 1 aromatic carbocycles. The van der Waals surface area contributed by atoms with Crippen molar-refractivity contribution in [2.24, 2.45) is 4.99 Å². The number of halogens is 2. The summed E-state index contributed by atoms with van der Waals surface area (Å²) >= 11 is 9.33. The average molecular weight is 276 g/mol. The molecule has 0 aliphatic carbocycles. The van der Waals surface area contributed by atoms with Crippen LogP contribution in [0.3, 0.4) is 0 Å². The van der Waals surface area contributed by atoms with Crippen LogP contribution in [0.5, 0.6) is 0 Å². The molecule has 0 spiro atoms. The number of hydroxylamine groups is 2. The number of nitrogens with zero attached hydrogens (tertiary/aromatic N) is 2. The Labute approximate surface area is 94.7 Å². The third-order valence-corrected chi connectivity index (χ3v) is 2.71. The zero-order valence-corrected chi connectivity index (χ0v) is 9.79. The minimum absolute atomic E-state index is 0.492. The molecule has 0 bridgehead atoms. The lowest BCUT2D eigenvalue weighted by Crippen LogP contribution is -2.38. The quantitative estimate of drug-likeness (QED) is 0.568. The highest BCUT2D eigenvalue weighted by Gasteiger charge is 2.13. The lowest BCUT2D eigenvalue weighted by atomic mass is 10.3. The highest BCUT2D eigenvalue weighted by molar-refractivity contribution is 9.10. The summed E-state index contributed by atoms with van der Waals surface area (Å²) in [7, 11) is 1.56. The Morgan fingerprint density at radius 1 is 1.57 bits per heavy atom. The molecule has 0 aromatic heterocycles. The maximum Gasteiger partial charge on any atom is 0.220 e. The molecular weight excluding hydrogens is 267 g/mol. The maximum atomic E-state index is 5.94. The van der Waals surface area contributed by atoms with Crippen molar-refractivity contribution in [3.05, 3.63) is 33.2 Å². The van der Waals surface area contributed by atoms with Crippen LogP contribution < -0.4 is 10.6 Å². The summed E-state index contributed by atoms with van der Waals surface area (Å²) in [5.41, 5.74) is -0.492. The fourth-order valence-corrected chi connectivity index (χ4v) is 1.88. The predicted octanol–water partition coefficient (Wildman–Crippen LogP) is 1.21. The first-order valence-electron chi connectivity index (χ1n) is 4.02. The monoisotopic (exact) mass is 274 g/mol. The Morgan fingerprint density at radius 2 is 2.36 bits per heavy atom. The Hall–Kier alpha value is -0.580. The van der Waals surface area contributed by atoms with Crippen molar-refractivity contribution in [1.29, 1.82) is 0 Å². The molecule has 0 radical (unpaired) electrons. The molecule has 1 aliphatic rings. The number of alkyl halides is 1. The van der Waals surface area contributed by atoms with Crippen molar-refractivity contribution in [2.45, 2.75) is 5.62 Å². The van der Waals surface area contributed by atoms with Crippen LogP contribution in [0, 0.1) is 0 Å².